The topological polar surface area (TPSA) is 0 Å². The van der Waals surface area contributed by atoms with Gasteiger partial charge in [0.25, 0.3) is 0 Å². The third-order valence-corrected chi connectivity index (χ3v) is 2.65. The third kappa shape index (κ3) is 7.18. The van der Waals surface area contributed by atoms with Crippen molar-refractivity contribution in [3.05, 3.63) is 35.5 Å². The van der Waals surface area contributed by atoms with Crippen molar-refractivity contribution in [3.8, 4) is 0 Å². The molecule has 0 rings (SSSR count). The van der Waals surface area contributed by atoms with Crippen LogP contribution < -0.4 is 0 Å². The van der Waals surface area contributed by atoms with Gasteiger partial charge in [0.15, 0.2) is 0 Å². The van der Waals surface area contributed by atoms with Gasteiger partial charge in [0.2, 0.25) is 0 Å². The van der Waals surface area contributed by atoms with Gasteiger partial charge in [-0.25, -0.2) is 0 Å². The predicted octanol–water partition coefficient (Wildman–Crippen LogP) is 4.94. The monoisotopic (exact) mass is 205 g/mol. The first kappa shape index (κ1) is 14.2. The van der Waals surface area contributed by atoms with Gasteiger partial charge >= 0.3 is 0 Å². The maximum absolute atomic E-state index is 3.35. The molecule has 0 aromatic rings. The van der Waals surface area contributed by atoms with E-state index in [1.807, 2.05) is 0 Å². The number of allylic oxidation sites excluding steroid dienone is 6. The lowest BCUT2D eigenvalue weighted by molar-refractivity contribution is 0.669. The van der Waals surface area contributed by atoms with Gasteiger partial charge in [0, 0.05) is 0 Å². The van der Waals surface area contributed by atoms with Gasteiger partial charge in [0.05, 0.1) is 0 Å². The van der Waals surface area contributed by atoms with Crippen LogP contribution in [0.15, 0.2) is 29.4 Å². The fourth-order valence-electron chi connectivity index (χ4n) is 1.27. The Balaban J connectivity index is 4.25. The van der Waals surface area contributed by atoms with Crippen LogP contribution in [0.5, 0.6) is 0 Å². The molecule has 1 unspecified atom stereocenters. The van der Waals surface area contributed by atoms with Gasteiger partial charge in [-0.3, -0.25) is 0 Å². The Bertz CT molecular complexity index is 251. The molecule has 0 nitrogen and oxygen atoms in total. The maximum atomic E-state index is 3.35. The summed E-state index contributed by atoms with van der Waals surface area (Å²) in [6.07, 6.45) is 10.9. The van der Waals surface area contributed by atoms with Crippen molar-refractivity contribution >= 4 is 0 Å². The van der Waals surface area contributed by atoms with E-state index in [1.54, 1.807) is 0 Å². The molecule has 0 saturated heterocycles. The first-order valence-electron chi connectivity index (χ1n) is 5.85. The normalized spacial score (nSPS) is 16.5. The average Bonchev–Trinajstić information content (AvgIpc) is 2.16. The molecule has 0 heteroatoms. The van der Waals surface area contributed by atoms with Crippen LogP contribution >= 0.6 is 0 Å². The highest BCUT2D eigenvalue weighted by Crippen LogP contribution is 2.18. The molecule has 0 fully saturated rings. The Morgan fingerprint density at radius 2 is 1.80 bits per heavy atom. The largest absolute Gasteiger partial charge is 0.0887 e. The third-order valence-electron chi connectivity index (χ3n) is 2.65. The van der Waals surface area contributed by atoms with Crippen LogP contribution in [0.4, 0.5) is 0 Å². The van der Waals surface area contributed by atoms with E-state index in [0.717, 1.165) is 6.42 Å². The van der Waals surface area contributed by atoms with Crippen LogP contribution in [-0.2, 0) is 0 Å². The van der Waals surface area contributed by atoms with E-state index in [9.17, 15) is 0 Å². The quantitative estimate of drug-likeness (QED) is 0.440. The summed E-state index contributed by atoms with van der Waals surface area (Å²) < 4.78 is 0. The Morgan fingerprint density at radius 1 is 1.20 bits per heavy atom. The van der Waals surface area contributed by atoms with Gasteiger partial charge in [-0.05, 0) is 45.1 Å². The molecule has 0 aliphatic carbocycles. The molecule has 0 saturated carbocycles. The van der Waals surface area contributed by atoms with Gasteiger partial charge in [-0.15, -0.1) is 0 Å². The molecule has 0 aliphatic rings. The Hall–Kier alpha value is -0.780. The van der Waals surface area contributed by atoms with E-state index in [2.05, 4.69) is 65.8 Å². The zero-order valence-electron chi connectivity index (χ0n) is 11.1. The molecule has 1 radical (unpaired) electrons. The summed E-state index contributed by atoms with van der Waals surface area (Å²) in [7, 11) is 0. The first-order chi connectivity index (χ1) is 6.97. The van der Waals surface area contributed by atoms with Gasteiger partial charge in [0.1, 0.15) is 0 Å². The highest BCUT2D eigenvalue weighted by molar-refractivity contribution is 5.10. The molecule has 1 atom stereocenters. The fourth-order valence-corrected chi connectivity index (χ4v) is 1.27. The van der Waals surface area contributed by atoms with Crippen LogP contribution in [0.2, 0.25) is 0 Å². The zero-order valence-corrected chi connectivity index (χ0v) is 11.1. The maximum Gasteiger partial charge on any atom is -0.0188 e. The van der Waals surface area contributed by atoms with E-state index in [1.165, 1.54) is 11.1 Å². The van der Waals surface area contributed by atoms with Crippen molar-refractivity contribution in [2.24, 2.45) is 11.8 Å². The molecule has 0 amide bonds. The van der Waals surface area contributed by atoms with Gasteiger partial charge < -0.3 is 0 Å². The van der Waals surface area contributed by atoms with Gasteiger partial charge in [-0.2, -0.15) is 0 Å². The highest BCUT2D eigenvalue weighted by Gasteiger charge is 2.03. The number of hydrogen-bond donors (Lipinski definition) is 0. The minimum atomic E-state index is 0.595. The second-order valence-electron chi connectivity index (χ2n) is 4.67. The number of rotatable bonds is 5. The van der Waals surface area contributed by atoms with Crippen molar-refractivity contribution in [3.63, 3.8) is 0 Å². The first-order valence-corrected chi connectivity index (χ1v) is 5.85. The SMILES string of the molecule is CC=C(C)CC(C)/C(C)=[C]/C=CC(C)C. The molecule has 0 aromatic heterocycles. The van der Waals surface area contributed by atoms with E-state index in [0.29, 0.717) is 11.8 Å². The molecule has 0 spiro atoms. The van der Waals surface area contributed by atoms with Crippen molar-refractivity contribution in [2.75, 3.05) is 0 Å². The Labute approximate surface area is 95.8 Å². The van der Waals surface area contributed by atoms with Gasteiger partial charge in [-0.1, -0.05) is 50.1 Å². The highest BCUT2D eigenvalue weighted by atomic mass is 14.1. The molecule has 0 heterocycles. The van der Waals surface area contributed by atoms with Crippen molar-refractivity contribution in [2.45, 2.75) is 48.0 Å². The zero-order chi connectivity index (χ0) is 11.8. The smallest absolute Gasteiger partial charge is 0.0188 e. The van der Waals surface area contributed by atoms with Crippen LogP contribution in [0.1, 0.15) is 48.0 Å². The van der Waals surface area contributed by atoms with Crippen molar-refractivity contribution in [1.82, 2.24) is 0 Å². The summed E-state index contributed by atoms with van der Waals surface area (Å²) >= 11 is 0. The molecule has 0 N–H and O–H groups in total. The average molecular weight is 205 g/mol. The molecule has 0 aromatic carbocycles. The van der Waals surface area contributed by atoms with Crippen LogP contribution in [-0.4, -0.2) is 0 Å². The lowest BCUT2D eigenvalue weighted by Crippen LogP contribution is -1.97. The summed E-state index contributed by atoms with van der Waals surface area (Å²) in [5.41, 5.74) is 2.80. The molecule has 15 heavy (non-hydrogen) atoms. The summed E-state index contributed by atoms with van der Waals surface area (Å²) in [5.74, 6) is 1.20. The van der Waals surface area contributed by atoms with Crippen molar-refractivity contribution in [1.29, 1.82) is 0 Å². The lowest BCUT2D eigenvalue weighted by atomic mass is 9.94. The lowest BCUT2D eigenvalue weighted by Gasteiger charge is -2.11. The molecule has 0 bridgehead atoms. The fraction of sp³-hybridized carbons (Fsp3) is 0.600. The van der Waals surface area contributed by atoms with E-state index in [4.69, 9.17) is 0 Å². The van der Waals surface area contributed by atoms with Crippen LogP contribution in [0.25, 0.3) is 0 Å². The minimum Gasteiger partial charge on any atom is -0.0887 e. The summed E-state index contributed by atoms with van der Waals surface area (Å²) in [6.45, 7) is 13.1. The van der Waals surface area contributed by atoms with Crippen molar-refractivity contribution < 1.29 is 0 Å². The second kappa shape index (κ2) is 7.50. The van der Waals surface area contributed by atoms with Crippen LogP contribution in [0.3, 0.4) is 0 Å². The number of hydrogen-bond acceptors (Lipinski definition) is 0. The summed E-state index contributed by atoms with van der Waals surface area (Å²) in [6, 6.07) is 0. The molecular formula is C15H25. The second-order valence-corrected chi connectivity index (χ2v) is 4.67. The molecular weight excluding hydrogens is 180 g/mol. The molecule has 0 aliphatic heterocycles. The Morgan fingerprint density at radius 3 is 2.27 bits per heavy atom. The van der Waals surface area contributed by atoms with E-state index < -0.39 is 0 Å². The van der Waals surface area contributed by atoms with E-state index in [-0.39, 0.29) is 0 Å². The predicted molar refractivity (Wildman–Crippen MR) is 69.6 cm³/mol. The molecule has 85 valence electrons. The van der Waals surface area contributed by atoms with E-state index >= 15 is 0 Å². The summed E-state index contributed by atoms with van der Waals surface area (Å²) in [5, 5.41) is 0. The standard InChI is InChI=1S/C15H25/c1-7-13(4)11-15(6)14(5)10-8-9-12(2)3/h7-9,12,15H,11H2,1-6H3. The minimum absolute atomic E-state index is 0.595. The summed E-state index contributed by atoms with van der Waals surface area (Å²) in [4.78, 5) is 0. The Kier molecular flexibility index (Phi) is 7.11. The van der Waals surface area contributed by atoms with Crippen LogP contribution in [0, 0.1) is 17.9 Å².